The fourth-order valence-electron chi connectivity index (χ4n) is 1.83. The molecule has 17 heavy (non-hydrogen) atoms. The summed E-state index contributed by atoms with van der Waals surface area (Å²) in [4.78, 5) is 4.26. The van der Waals surface area contributed by atoms with Gasteiger partial charge in [0.2, 0.25) is 0 Å². The maximum Gasteiger partial charge on any atom is 0.129 e. The Morgan fingerprint density at radius 2 is 2.12 bits per heavy atom. The summed E-state index contributed by atoms with van der Waals surface area (Å²) in [7, 11) is 0. The van der Waals surface area contributed by atoms with Gasteiger partial charge in [-0.05, 0) is 25.1 Å². The Morgan fingerprint density at radius 3 is 2.76 bits per heavy atom. The number of hydrogen-bond acceptors (Lipinski definition) is 4. The van der Waals surface area contributed by atoms with Gasteiger partial charge in [0.05, 0.1) is 6.61 Å². The zero-order valence-electron chi connectivity index (χ0n) is 9.44. The number of hydrogen-bond donors (Lipinski definition) is 2. The molecule has 1 unspecified atom stereocenters. The summed E-state index contributed by atoms with van der Waals surface area (Å²) in [6.45, 7) is 2.37. The highest BCUT2D eigenvalue weighted by Crippen LogP contribution is 2.31. The minimum absolute atomic E-state index is 0. The van der Waals surface area contributed by atoms with Gasteiger partial charge >= 0.3 is 0 Å². The van der Waals surface area contributed by atoms with Crippen LogP contribution in [-0.4, -0.2) is 19.0 Å². The first-order valence-electron chi connectivity index (χ1n) is 4.99. The van der Waals surface area contributed by atoms with E-state index in [0.29, 0.717) is 30.3 Å². The molecule has 1 aromatic rings. The van der Waals surface area contributed by atoms with Crippen LogP contribution in [0.4, 0.5) is 10.1 Å². The Kier molecular flexibility index (Phi) is 3.95. The molecule has 0 aromatic heterocycles. The van der Waals surface area contributed by atoms with Crippen LogP contribution in [0.3, 0.4) is 0 Å². The highest BCUT2D eigenvalue weighted by atomic mass is 35.5. The molecule has 1 heterocycles. The smallest absolute Gasteiger partial charge is 0.129 e. The second kappa shape index (κ2) is 4.89. The van der Waals surface area contributed by atoms with E-state index in [1.165, 1.54) is 12.1 Å². The molecule has 0 radical (unpaired) electrons. The maximum absolute atomic E-state index is 13.7. The lowest BCUT2D eigenvalue weighted by atomic mass is 9.92. The number of rotatable bonds is 1. The third kappa shape index (κ3) is 2.68. The molecule has 1 atom stereocenters. The fraction of sp³-hybridized carbons (Fsp3) is 0.364. The number of benzene rings is 1. The van der Waals surface area contributed by atoms with E-state index in [1.54, 1.807) is 13.0 Å². The predicted octanol–water partition coefficient (Wildman–Crippen LogP) is 1.43. The highest BCUT2D eigenvalue weighted by Gasteiger charge is 2.32. The van der Waals surface area contributed by atoms with E-state index in [4.69, 9.17) is 16.2 Å². The van der Waals surface area contributed by atoms with Crippen LogP contribution in [0.2, 0.25) is 0 Å². The number of nitrogen functional groups attached to an aromatic ring is 1. The topological polar surface area (TPSA) is 73.6 Å². The summed E-state index contributed by atoms with van der Waals surface area (Å²) in [5.74, 6) is 0.0225. The molecule has 1 aromatic carbocycles. The van der Waals surface area contributed by atoms with E-state index >= 15 is 0 Å². The van der Waals surface area contributed by atoms with Gasteiger partial charge in [0.15, 0.2) is 0 Å². The van der Waals surface area contributed by atoms with Crippen LogP contribution >= 0.6 is 12.4 Å². The monoisotopic (exact) mass is 259 g/mol. The molecule has 1 aliphatic heterocycles. The van der Waals surface area contributed by atoms with E-state index in [9.17, 15) is 4.39 Å². The molecule has 0 saturated heterocycles. The quantitative estimate of drug-likeness (QED) is 0.750. The first kappa shape index (κ1) is 13.7. The Hall–Kier alpha value is -1.33. The average Bonchev–Trinajstić information content (AvgIpc) is 2.21. The zero-order valence-corrected chi connectivity index (χ0v) is 10.3. The van der Waals surface area contributed by atoms with Crippen molar-refractivity contribution >= 4 is 23.9 Å². The van der Waals surface area contributed by atoms with Gasteiger partial charge in [0.1, 0.15) is 23.8 Å². The minimum atomic E-state index is -0.790. The zero-order chi connectivity index (χ0) is 11.8. The molecule has 1 aliphatic rings. The molecule has 0 bridgehead atoms. The van der Waals surface area contributed by atoms with Gasteiger partial charge in [-0.3, -0.25) is 4.99 Å². The van der Waals surface area contributed by atoms with Crippen LogP contribution in [0.1, 0.15) is 12.5 Å². The molecule has 0 aliphatic carbocycles. The predicted molar refractivity (Wildman–Crippen MR) is 67.9 cm³/mol. The number of halogens is 2. The number of nitrogens with two attached hydrogens (primary N) is 2. The lowest BCUT2D eigenvalue weighted by molar-refractivity contribution is 0.104. The summed E-state index contributed by atoms with van der Waals surface area (Å²) >= 11 is 0. The summed E-state index contributed by atoms with van der Waals surface area (Å²) in [6, 6.07) is 4.41. The standard InChI is InChI=1S/C11H14FN3O.ClH/c1-11(6-16-5-10(14)15-11)8-4-7(13)2-3-9(8)12;/h2-4H,5-6,13H2,1H3,(H2,14,15);1H. The van der Waals surface area contributed by atoms with Gasteiger partial charge in [0, 0.05) is 11.3 Å². The van der Waals surface area contributed by atoms with Crippen LogP contribution in [0.25, 0.3) is 0 Å². The molecule has 2 rings (SSSR count). The largest absolute Gasteiger partial charge is 0.399 e. The van der Waals surface area contributed by atoms with Gasteiger partial charge in [-0.2, -0.15) is 0 Å². The van der Waals surface area contributed by atoms with Gasteiger partial charge in [-0.25, -0.2) is 4.39 Å². The Morgan fingerprint density at radius 1 is 1.41 bits per heavy atom. The van der Waals surface area contributed by atoms with Crippen molar-refractivity contribution in [3.05, 3.63) is 29.6 Å². The second-order valence-electron chi connectivity index (χ2n) is 4.11. The highest BCUT2D eigenvalue weighted by molar-refractivity contribution is 5.85. The van der Waals surface area contributed by atoms with Crippen molar-refractivity contribution in [2.75, 3.05) is 18.9 Å². The lowest BCUT2D eigenvalue weighted by Gasteiger charge is -2.30. The molecule has 0 amide bonds. The van der Waals surface area contributed by atoms with E-state index in [0.717, 1.165) is 0 Å². The molecule has 4 nitrogen and oxygen atoms in total. The Labute approximate surface area is 105 Å². The average molecular weight is 260 g/mol. The lowest BCUT2D eigenvalue weighted by Crippen LogP contribution is -2.38. The molecular weight excluding hydrogens is 245 g/mol. The molecule has 6 heteroatoms. The Balaban J connectivity index is 0.00000144. The summed E-state index contributed by atoms with van der Waals surface area (Å²) in [5.41, 5.74) is 11.4. The van der Waals surface area contributed by atoms with Crippen molar-refractivity contribution < 1.29 is 9.13 Å². The molecule has 0 spiro atoms. The maximum atomic E-state index is 13.7. The number of amidine groups is 1. The SMILES string of the molecule is CC1(c2cc(N)ccc2F)COCC(N)=N1.Cl. The van der Waals surface area contributed by atoms with E-state index in [2.05, 4.69) is 4.99 Å². The molecule has 0 fully saturated rings. The first-order valence-corrected chi connectivity index (χ1v) is 4.99. The summed E-state index contributed by atoms with van der Waals surface area (Å²) in [6.07, 6.45) is 0. The Bertz CT molecular complexity index is 452. The van der Waals surface area contributed by atoms with E-state index < -0.39 is 5.54 Å². The van der Waals surface area contributed by atoms with Crippen molar-refractivity contribution in [3.8, 4) is 0 Å². The summed E-state index contributed by atoms with van der Waals surface area (Å²) in [5, 5.41) is 0. The molecular formula is C11H15ClFN3O. The van der Waals surface area contributed by atoms with Crippen molar-refractivity contribution in [3.63, 3.8) is 0 Å². The van der Waals surface area contributed by atoms with Gasteiger partial charge in [-0.1, -0.05) is 0 Å². The van der Waals surface area contributed by atoms with Gasteiger partial charge in [0.25, 0.3) is 0 Å². The van der Waals surface area contributed by atoms with Crippen molar-refractivity contribution in [1.82, 2.24) is 0 Å². The number of nitrogens with zero attached hydrogens (tertiary/aromatic N) is 1. The molecule has 0 saturated carbocycles. The van der Waals surface area contributed by atoms with E-state index in [-0.39, 0.29) is 18.2 Å². The van der Waals surface area contributed by atoms with Crippen molar-refractivity contribution in [2.24, 2.45) is 10.7 Å². The van der Waals surface area contributed by atoms with Crippen LogP contribution < -0.4 is 11.5 Å². The van der Waals surface area contributed by atoms with Crippen molar-refractivity contribution in [1.29, 1.82) is 0 Å². The third-order valence-electron chi connectivity index (χ3n) is 2.59. The van der Waals surface area contributed by atoms with Crippen LogP contribution in [-0.2, 0) is 10.3 Å². The first-order chi connectivity index (χ1) is 7.51. The molecule has 4 N–H and O–H groups in total. The van der Waals surface area contributed by atoms with E-state index in [1.807, 2.05) is 0 Å². The van der Waals surface area contributed by atoms with Crippen LogP contribution in [0.15, 0.2) is 23.2 Å². The van der Waals surface area contributed by atoms with Crippen LogP contribution in [0.5, 0.6) is 0 Å². The normalized spacial score (nSPS) is 23.8. The second-order valence-corrected chi connectivity index (χ2v) is 4.11. The summed E-state index contributed by atoms with van der Waals surface area (Å²) < 4.78 is 19.0. The van der Waals surface area contributed by atoms with Gasteiger partial charge < -0.3 is 16.2 Å². The number of aliphatic imine (C=N–C) groups is 1. The van der Waals surface area contributed by atoms with Crippen molar-refractivity contribution in [2.45, 2.75) is 12.5 Å². The van der Waals surface area contributed by atoms with Gasteiger partial charge in [-0.15, -0.1) is 12.4 Å². The minimum Gasteiger partial charge on any atom is -0.399 e. The third-order valence-corrected chi connectivity index (χ3v) is 2.59. The van der Waals surface area contributed by atoms with Crippen LogP contribution in [0, 0.1) is 5.82 Å². The number of anilines is 1. The number of ether oxygens (including phenoxy) is 1. The molecule has 94 valence electrons. The fourth-order valence-corrected chi connectivity index (χ4v) is 1.83.